The summed E-state index contributed by atoms with van der Waals surface area (Å²) in [5.41, 5.74) is 7.38. The molecule has 0 aliphatic carbocycles. The van der Waals surface area contributed by atoms with E-state index in [0.717, 1.165) is 49.6 Å². The van der Waals surface area contributed by atoms with E-state index < -0.39 is 7.12 Å². The van der Waals surface area contributed by atoms with E-state index in [1.165, 1.54) is 19.1 Å². The van der Waals surface area contributed by atoms with Crippen molar-refractivity contribution in [3.63, 3.8) is 0 Å². The van der Waals surface area contributed by atoms with Gasteiger partial charge in [0.2, 0.25) is 0 Å². The summed E-state index contributed by atoms with van der Waals surface area (Å²) in [4.78, 5) is 22.2. The summed E-state index contributed by atoms with van der Waals surface area (Å²) in [6.45, 7) is 6.80. The molecule has 8 nitrogen and oxygen atoms in total. The van der Waals surface area contributed by atoms with Crippen LogP contribution in [0.2, 0.25) is 0 Å². The van der Waals surface area contributed by atoms with E-state index in [1.807, 2.05) is 98.8 Å². The van der Waals surface area contributed by atoms with Crippen LogP contribution in [0.5, 0.6) is 0 Å². The van der Waals surface area contributed by atoms with Gasteiger partial charge in [-0.15, -0.1) is 0 Å². The zero-order valence-corrected chi connectivity index (χ0v) is 27.4. The van der Waals surface area contributed by atoms with Crippen molar-refractivity contribution in [2.75, 3.05) is 0 Å². The predicted molar refractivity (Wildman–Crippen MR) is 183 cm³/mol. The standard InChI is InChI=1S/C18H15NO2.C10H8BrNO.C8H9BO3/c1-12(20)14-8-10-15(11-9-14)17-13(2)21-19-18(17)16-6-4-3-5-7-16;1-7-9(11)10(12-13-7)8-5-3-2-4-6-8;1-6(10)7-2-4-8(5-3-7)9(11)12/h3-11H,1-2H3;2-6H,1H3;2-5,11-12H,1H3. The lowest BCUT2D eigenvalue weighted by molar-refractivity contribution is 0.100. The number of hydrogen-bond donors (Lipinski definition) is 2. The number of rotatable bonds is 6. The van der Waals surface area contributed by atoms with E-state index in [4.69, 9.17) is 19.1 Å². The molecule has 6 aromatic rings. The first-order chi connectivity index (χ1) is 22.1. The van der Waals surface area contributed by atoms with Crippen molar-refractivity contribution in [2.45, 2.75) is 27.7 Å². The third-order valence-corrected chi connectivity index (χ3v) is 7.88. The van der Waals surface area contributed by atoms with E-state index in [-0.39, 0.29) is 11.6 Å². The van der Waals surface area contributed by atoms with E-state index >= 15 is 0 Å². The van der Waals surface area contributed by atoms with Crippen LogP contribution in [0.15, 0.2) is 123 Å². The third kappa shape index (κ3) is 8.63. The molecule has 4 aromatic carbocycles. The minimum atomic E-state index is -1.47. The van der Waals surface area contributed by atoms with Crippen molar-refractivity contribution < 1.29 is 28.7 Å². The monoisotopic (exact) mass is 678 g/mol. The Morgan fingerprint density at radius 3 is 1.48 bits per heavy atom. The van der Waals surface area contributed by atoms with Gasteiger partial charge in [-0.3, -0.25) is 9.59 Å². The van der Waals surface area contributed by atoms with Gasteiger partial charge in [-0.1, -0.05) is 120 Å². The molecule has 2 N–H and O–H groups in total. The van der Waals surface area contributed by atoms with Gasteiger partial charge in [-0.05, 0) is 54.7 Å². The number of carbonyl (C=O) groups excluding carboxylic acids is 2. The summed E-state index contributed by atoms with van der Waals surface area (Å²) < 4.78 is 11.3. The maximum atomic E-state index is 11.4. The Morgan fingerprint density at radius 2 is 1.04 bits per heavy atom. The summed E-state index contributed by atoms with van der Waals surface area (Å²) >= 11 is 3.43. The Bertz CT molecular complexity index is 1890. The Labute approximate surface area is 276 Å². The lowest BCUT2D eigenvalue weighted by Gasteiger charge is -2.04. The van der Waals surface area contributed by atoms with Crippen LogP contribution in [0.1, 0.15) is 46.1 Å². The van der Waals surface area contributed by atoms with Crippen molar-refractivity contribution in [1.82, 2.24) is 10.3 Å². The third-order valence-electron chi connectivity index (χ3n) is 6.94. The number of hydrogen-bond acceptors (Lipinski definition) is 8. The molecule has 0 fully saturated rings. The quantitative estimate of drug-likeness (QED) is 0.137. The van der Waals surface area contributed by atoms with Crippen molar-refractivity contribution in [3.05, 3.63) is 136 Å². The van der Waals surface area contributed by atoms with Crippen LogP contribution in [0.4, 0.5) is 0 Å². The van der Waals surface area contributed by atoms with Crippen LogP contribution in [0.3, 0.4) is 0 Å². The van der Waals surface area contributed by atoms with E-state index in [1.54, 1.807) is 19.1 Å². The van der Waals surface area contributed by atoms with E-state index in [9.17, 15) is 9.59 Å². The lowest BCUT2D eigenvalue weighted by atomic mass is 9.80. The molecule has 10 heteroatoms. The zero-order valence-electron chi connectivity index (χ0n) is 25.8. The largest absolute Gasteiger partial charge is 0.488 e. The van der Waals surface area contributed by atoms with E-state index in [0.29, 0.717) is 16.6 Å². The number of aryl methyl sites for hydroxylation is 2. The number of ketones is 2. The van der Waals surface area contributed by atoms with Gasteiger partial charge in [0.15, 0.2) is 11.6 Å². The number of nitrogens with zero attached hydrogens (tertiary/aromatic N) is 2. The molecule has 6 rings (SSSR count). The summed E-state index contributed by atoms with van der Waals surface area (Å²) in [5, 5.41) is 25.6. The first kappa shape index (κ1) is 34.0. The SMILES string of the molecule is CC(=O)c1ccc(-c2c(-c3ccccc3)noc2C)cc1.CC(=O)c1ccc(B(O)O)cc1.Cc1onc(-c2ccccc2)c1Br. The molecule has 0 bridgehead atoms. The topological polar surface area (TPSA) is 127 Å². The fourth-order valence-corrected chi connectivity index (χ4v) is 4.78. The second-order valence-electron chi connectivity index (χ2n) is 10.3. The maximum absolute atomic E-state index is 11.4. The average molecular weight is 679 g/mol. The molecule has 0 amide bonds. The van der Waals surface area contributed by atoms with Crippen molar-refractivity contribution >= 4 is 40.1 Å². The number of benzene rings is 4. The molecule has 2 aromatic heterocycles. The zero-order chi connectivity index (χ0) is 33.2. The Hall–Kier alpha value is -4.90. The van der Waals surface area contributed by atoms with Gasteiger partial charge in [0.05, 0.1) is 10.0 Å². The van der Waals surface area contributed by atoms with Crippen LogP contribution >= 0.6 is 15.9 Å². The highest BCUT2D eigenvalue weighted by Crippen LogP contribution is 2.34. The van der Waals surface area contributed by atoms with Gasteiger partial charge >= 0.3 is 7.12 Å². The van der Waals surface area contributed by atoms with Gasteiger partial charge in [0, 0.05) is 22.3 Å². The van der Waals surface area contributed by atoms with Gasteiger partial charge < -0.3 is 19.1 Å². The second-order valence-corrected chi connectivity index (χ2v) is 11.1. The predicted octanol–water partition coefficient (Wildman–Crippen LogP) is 7.50. The van der Waals surface area contributed by atoms with Crippen molar-refractivity contribution in [2.24, 2.45) is 0 Å². The van der Waals surface area contributed by atoms with Crippen LogP contribution in [0.25, 0.3) is 33.6 Å². The Kier molecular flexibility index (Phi) is 11.7. The molecule has 2 heterocycles. The summed E-state index contributed by atoms with van der Waals surface area (Å²) in [7, 11) is -1.47. The van der Waals surface area contributed by atoms with Gasteiger partial charge in [0.25, 0.3) is 0 Å². The molecule has 0 saturated carbocycles. The molecule has 0 aliphatic heterocycles. The maximum Gasteiger partial charge on any atom is 0.488 e. The van der Waals surface area contributed by atoms with Crippen LogP contribution in [0, 0.1) is 13.8 Å². The molecular formula is C36H32BBrN2O6. The normalized spacial score (nSPS) is 10.2. The minimum absolute atomic E-state index is 0.0334. The van der Waals surface area contributed by atoms with Crippen molar-refractivity contribution in [1.29, 1.82) is 0 Å². The van der Waals surface area contributed by atoms with Crippen LogP contribution in [-0.4, -0.2) is 39.0 Å². The molecule has 232 valence electrons. The molecule has 0 spiro atoms. The smallest absolute Gasteiger partial charge is 0.423 e. The van der Waals surface area contributed by atoms with E-state index in [2.05, 4.69) is 26.2 Å². The highest BCUT2D eigenvalue weighted by Gasteiger charge is 2.16. The molecule has 0 saturated heterocycles. The summed E-state index contributed by atoms with van der Waals surface area (Å²) in [6.07, 6.45) is 0. The fourth-order valence-electron chi connectivity index (χ4n) is 4.40. The van der Waals surface area contributed by atoms with Crippen molar-refractivity contribution in [3.8, 4) is 33.6 Å². The highest BCUT2D eigenvalue weighted by atomic mass is 79.9. The first-order valence-corrected chi connectivity index (χ1v) is 15.1. The van der Waals surface area contributed by atoms with Gasteiger partial charge in [-0.2, -0.15) is 0 Å². The Morgan fingerprint density at radius 1 is 0.609 bits per heavy atom. The molecule has 0 unspecified atom stereocenters. The molecular weight excluding hydrogens is 647 g/mol. The number of aromatic nitrogens is 2. The minimum Gasteiger partial charge on any atom is -0.423 e. The summed E-state index contributed by atoms with van der Waals surface area (Å²) in [5.74, 6) is 1.60. The lowest BCUT2D eigenvalue weighted by Crippen LogP contribution is -2.29. The number of Topliss-reactive ketones (excluding diaryl/α,β-unsaturated/α-hetero) is 2. The highest BCUT2D eigenvalue weighted by molar-refractivity contribution is 9.10. The molecule has 0 radical (unpaired) electrons. The number of carbonyl (C=O) groups is 2. The molecule has 46 heavy (non-hydrogen) atoms. The number of halogens is 1. The molecule has 0 aliphatic rings. The van der Waals surface area contributed by atoms with Crippen LogP contribution < -0.4 is 5.46 Å². The van der Waals surface area contributed by atoms with Gasteiger partial charge in [-0.25, -0.2) is 0 Å². The summed E-state index contributed by atoms with van der Waals surface area (Å²) in [6, 6.07) is 33.6. The fraction of sp³-hybridized carbons (Fsp3) is 0.111. The Balaban J connectivity index is 0.000000166. The second kappa shape index (κ2) is 15.9. The molecule has 0 atom stereocenters. The average Bonchev–Trinajstić information content (AvgIpc) is 3.63. The first-order valence-electron chi connectivity index (χ1n) is 14.3. The van der Waals surface area contributed by atoms with Crippen LogP contribution in [-0.2, 0) is 0 Å². The van der Waals surface area contributed by atoms with Gasteiger partial charge in [0.1, 0.15) is 22.9 Å².